The standard InChI is InChI=1S/C22H21NO2/c1-3-19(15-22(24)17-9-12-21(25-2)13-10-17)23-20-11-8-16-6-4-5-7-18(16)14-20/h4-15,23H,3H2,1-2H3. The molecule has 0 atom stereocenters. The van der Waals surface area contributed by atoms with Crippen molar-refractivity contribution in [3.8, 4) is 5.75 Å². The van der Waals surface area contributed by atoms with Crippen LogP contribution in [0.5, 0.6) is 5.75 Å². The number of rotatable bonds is 6. The molecule has 0 aliphatic rings. The number of anilines is 1. The Labute approximate surface area is 147 Å². The third-order valence-electron chi connectivity index (χ3n) is 4.12. The van der Waals surface area contributed by atoms with Crippen LogP contribution in [0.25, 0.3) is 10.8 Å². The molecule has 0 bridgehead atoms. The number of carbonyl (C=O) groups is 1. The lowest BCUT2D eigenvalue weighted by Crippen LogP contribution is -2.03. The van der Waals surface area contributed by atoms with Crippen molar-refractivity contribution in [2.24, 2.45) is 0 Å². The van der Waals surface area contributed by atoms with Gasteiger partial charge in [-0.2, -0.15) is 0 Å². The molecule has 0 aliphatic heterocycles. The fourth-order valence-electron chi connectivity index (χ4n) is 2.68. The highest BCUT2D eigenvalue weighted by atomic mass is 16.5. The van der Waals surface area contributed by atoms with Crippen LogP contribution in [0.4, 0.5) is 5.69 Å². The van der Waals surface area contributed by atoms with Crippen molar-refractivity contribution >= 4 is 22.2 Å². The molecule has 1 N–H and O–H groups in total. The summed E-state index contributed by atoms with van der Waals surface area (Å²) in [6.07, 6.45) is 2.41. The Balaban J connectivity index is 1.79. The molecule has 25 heavy (non-hydrogen) atoms. The summed E-state index contributed by atoms with van der Waals surface area (Å²) in [6, 6.07) is 21.6. The minimum atomic E-state index is -0.0206. The smallest absolute Gasteiger partial charge is 0.187 e. The van der Waals surface area contributed by atoms with Gasteiger partial charge in [-0.15, -0.1) is 0 Å². The minimum Gasteiger partial charge on any atom is -0.497 e. The highest BCUT2D eigenvalue weighted by Gasteiger charge is 2.06. The maximum Gasteiger partial charge on any atom is 0.187 e. The second kappa shape index (κ2) is 7.67. The summed E-state index contributed by atoms with van der Waals surface area (Å²) in [5, 5.41) is 5.73. The number of ketones is 1. The van der Waals surface area contributed by atoms with Crippen molar-refractivity contribution in [1.29, 1.82) is 0 Å². The van der Waals surface area contributed by atoms with Crippen LogP contribution in [0.2, 0.25) is 0 Å². The molecule has 0 saturated carbocycles. The molecule has 0 aromatic heterocycles. The maximum atomic E-state index is 12.5. The first-order valence-corrected chi connectivity index (χ1v) is 8.34. The van der Waals surface area contributed by atoms with Crippen LogP contribution in [0.3, 0.4) is 0 Å². The summed E-state index contributed by atoms with van der Waals surface area (Å²) >= 11 is 0. The number of nitrogens with one attached hydrogen (secondary N) is 1. The summed E-state index contributed by atoms with van der Waals surface area (Å²) in [6.45, 7) is 2.03. The second-order valence-corrected chi connectivity index (χ2v) is 5.80. The van der Waals surface area contributed by atoms with E-state index in [2.05, 4.69) is 29.6 Å². The SMILES string of the molecule is CCC(=CC(=O)c1ccc(OC)cc1)Nc1ccc2ccccc2c1. The van der Waals surface area contributed by atoms with E-state index in [4.69, 9.17) is 4.74 Å². The Hall–Kier alpha value is -3.07. The summed E-state index contributed by atoms with van der Waals surface area (Å²) < 4.78 is 5.13. The predicted molar refractivity (Wildman–Crippen MR) is 103 cm³/mol. The average molecular weight is 331 g/mol. The van der Waals surface area contributed by atoms with Crippen molar-refractivity contribution in [2.45, 2.75) is 13.3 Å². The van der Waals surface area contributed by atoms with Gasteiger partial charge in [0.25, 0.3) is 0 Å². The van der Waals surface area contributed by atoms with E-state index in [1.807, 2.05) is 25.1 Å². The molecule has 3 nitrogen and oxygen atoms in total. The topological polar surface area (TPSA) is 38.3 Å². The molecule has 3 aromatic carbocycles. The van der Waals surface area contributed by atoms with E-state index >= 15 is 0 Å². The van der Waals surface area contributed by atoms with Crippen LogP contribution in [0, 0.1) is 0 Å². The first-order valence-electron chi connectivity index (χ1n) is 8.34. The van der Waals surface area contributed by atoms with Gasteiger partial charge in [-0.3, -0.25) is 4.79 Å². The summed E-state index contributed by atoms with van der Waals surface area (Å²) in [7, 11) is 1.61. The summed E-state index contributed by atoms with van der Waals surface area (Å²) in [5.41, 5.74) is 2.51. The molecule has 3 heteroatoms. The molecule has 0 unspecified atom stereocenters. The molecule has 3 aromatic rings. The second-order valence-electron chi connectivity index (χ2n) is 5.80. The molecule has 0 saturated heterocycles. The lowest BCUT2D eigenvalue weighted by Gasteiger charge is -2.10. The molecule has 0 fully saturated rings. The Kier molecular flexibility index (Phi) is 5.14. The lowest BCUT2D eigenvalue weighted by atomic mass is 10.1. The van der Waals surface area contributed by atoms with Crippen LogP contribution in [0.1, 0.15) is 23.7 Å². The van der Waals surface area contributed by atoms with Crippen LogP contribution in [-0.2, 0) is 0 Å². The average Bonchev–Trinajstić information content (AvgIpc) is 2.67. The lowest BCUT2D eigenvalue weighted by molar-refractivity contribution is 0.104. The van der Waals surface area contributed by atoms with Gasteiger partial charge in [-0.05, 0) is 53.6 Å². The van der Waals surface area contributed by atoms with E-state index < -0.39 is 0 Å². The van der Waals surface area contributed by atoms with E-state index in [0.29, 0.717) is 5.56 Å². The van der Waals surface area contributed by atoms with E-state index in [9.17, 15) is 4.79 Å². The molecule has 0 spiro atoms. The Morgan fingerprint density at radius 1 is 1.00 bits per heavy atom. The molecule has 0 amide bonds. The Morgan fingerprint density at radius 2 is 1.72 bits per heavy atom. The quantitative estimate of drug-likeness (QED) is 0.483. The van der Waals surface area contributed by atoms with Crippen molar-refractivity contribution in [1.82, 2.24) is 0 Å². The van der Waals surface area contributed by atoms with Gasteiger partial charge in [0.15, 0.2) is 5.78 Å². The number of carbonyl (C=O) groups excluding carboxylic acids is 1. The van der Waals surface area contributed by atoms with Gasteiger partial charge >= 0.3 is 0 Å². The first kappa shape index (κ1) is 16.8. The molecule has 0 radical (unpaired) electrons. The monoisotopic (exact) mass is 331 g/mol. The first-order chi connectivity index (χ1) is 12.2. The van der Waals surface area contributed by atoms with Crippen molar-refractivity contribution < 1.29 is 9.53 Å². The van der Waals surface area contributed by atoms with Crippen LogP contribution >= 0.6 is 0 Å². The van der Waals surface area contributed by atoms with E-state index in [0.717, 1.165) is 23.6 Å². The number of hydrogen-bond donors (Lipinski definition) is 1. The third kappa shape index (κ3) is 4.07. The van der Waals surface area contributed by atoms with E-state index in [1.54, 1.807) is 37.5 Å². The fraction of sp³-hybridized carbons (Fsp3) is 0.136. The fourth-order valence-corrected chi connectivity index (χ4v) is 2.68. The van der Waals surface area contributed by atoms with Gasteiger partial charge in [-0.1, -0.05) is 37.3 Å². The highest BCUT2D eigenvalue weighted by molar-refractivity contribution is 6.05. The zero-order chi connectivity index (χ0) is 17.6. The normalized spacial score (nSPS) is 11.4. The van der Waals surface area contributed by atoms with Crippen molar-refractivity contribution in [3.63, 3.8) is 0 Å². The molecule has 3 rings (SSSR count). The predicted octanol–water partition coefficient (Wildman–Crippen LogP) is 5.44. The van der Waals surface area contributed by atoms with E-state index in [1.165, 1.54) is 10.8 Å². The number of hydrogen-bond acceptors (Lipinski definition) is 3. The molecule has 0 heterocycles. The van der Waals surface area contributed by atoms with Gasteiger partial charge < -0.3 is 10.1 Å². The van der Waals surface area contributed by atoms with Gasteiger partial charge in [-0.25, -0.2) is 0 Å². The zero-order valence-corrected chi connectivity index (χ0v) is 14.5. The molecular formula is C22H21NO2. The van der Waals surface area contributed by atoms with Crippen LogP contribution in [0.15, 0.2) is 78.5 Å². The van der Waals surface area contributed by atoms with Gasteiger partial charge in [0.05, 0.1) is 7.11 Å². The number of allylic oxidation sites excluding steroid dienone is 2. The molecule has 0 aliphatic carbocycles. The Morgan fingerprint density at radius 3 is 2.40 bits per heavy atom. The van der Waals surface area contributed by atoms with Crippen LogP contribution < -0.4 is 10.1 Å². The maximum absolute atomic E-state index is 12.5. The zero-order valence-electron chi connectivity index (χ0n) is 14.5. The highest BCUT2D eigenvalue weighted by Crippen LogP contribution is 2.21. The van der Waals surface area contributed by atoms with Gasteiger partial charge in [0.2, 0.25) is 0 Å². The number of fused-ring (bicyclic) bond motifs is 1. The van der Waals surface area contributed by atoms with Gasteiger partial charge in [0.1, 0.15) is 5.75 Å². The third-order valence-corrected chi connectivity index (χ3v) is 4.12. The summed E-state index contributed by atoms with van der Waals surface area (Å²) in [4.78, 5) is 12.5. The number of benzene rings is 3. The van der Waals surface area contributed by atoms with E-state index in [-0.39, 0.29) is 5.78 Å². The molecule has 126 valence electrons. The number of methoxy groups -OCH3 is 1. The summed E-state index contributed by atoms with van der Waals surface area (Å²) in [5.74, 6) is 0.721. The van der Waals surface area contributed by atoms with Crippen LogP contribution in [-0.4, -0.2) is 12.9 Å². The van der Waals surface area contributed by atoms with Crippen molar-refractivity contribution in [2.75, 3.05) is 12.4 Å². The minimum absolute atomic E-state index is 0.0206. The largest absolute Gasteiger partial charge is 0.497 e. The van der Waals surface area contributed by atoms with Crippen molar-refractivity contribution in [3.05, 3.63) is 84.1 Å². The Bertz CT molecular complexity index is 911. The number of ether oxygens (including phenoxy) is 1. The van der Waals surface area contributed by atoms with Gasteiger partial charge in [0, 0.05) is 23.0 Å². The molecular weight excluding hydrogens is 310 g/mol.